The first-order valence-corrected chi connectivity index (χ1v) is 6.95. The van der Waals surface area contributed by atoms with Crippen molar-refractivity contribution in [2.75, 3.05) is 13.7 Å². The maximum atomic E-state index is 5.79. The Morgan fingerprint density at radius 1 is 1.41 bits per heavy atom. The summed E-state index contributed by atoms with van der Waals surface area (Å²) in [6.45, 7) is 7.26. The summed E-state index contributed by atoms with van der Waals surface area (Å²) in [5, 5.41) is 3.47. The van der Waals surface area contributed by atoms with Crippen LogP contribution in [0.4, 0.5) is 0 Å². The summed E-state index contributed by atoms with van der Waals surface area (Å²) in [4.78, 5) is 0. The highest BCUT2D eigenvalue weighted by Crippen LogP contribution is 2.38. The third-order valence-electron chi connectivity index (χ3n) is 3.44. The molecule has 0 bridgehead atoms. The van der Waals surface area contributed by atoms with Crippen molar-refractivity contribution in [1.82, 2.24) is 5.32 Å². The van der Waals surface area contributed by atoms with E-state index in [0.29, 0.717) is 0 Å². The van der Waals surface area contributed by atoms with Crippen molar-refractivity contribution in [2.45, 2.75) is 45.3 Å². The summed E-state index contributed by atoms with van der Waals surface area (Å²) in [5.41, 5.74) is -0.226. The maximum Gasteiger partial charge on any atom is 0.137 e. The predicted molar refractivity (Wildman–Crippen MR) is 73.1 cm³/mol. The van der Waals surface area contributed by atoms with Crippen LogP contribution in [-0.2, 0) is 4.74 Å². The first kappa shape index (κ1) is 14.7. The summed E-state index contributed by atoms with van der Waals surface area (Å²) in [5.74, 6) is 0.914. The third-order valence-corrected chi connectivity index (χ3v) is 4.10. The highest BCUT2D eigenvalue weighted by molar-refractivity contribution is 9.10. The number of hydrogen-bond donors (Lipinski definition) is 1. The van der Waals surface area contributed by atoms with E-state index in [2.05, 4.69) is 42.0 Å². The Labute approximate surface area is 112 Å². The van der Waals surface area contributed by atoms with Gasteiger partial charge in [-0.1, -0.05) is 20.8 Å². The fraction of sp³-hybridized carbons (Fsp3) is 0.692. The van der Waals surface area contributed by atoms with Gasteiger partial charge in [0.05, 0.1) is 22.4 Å². The average molecular weight is 304 g/mol. The van der Waals surface area contributed by atoms with Crippen LogP contribution in [0.2, 0.25) is 0 Å². The van der Waals surface area contributed by atoms with Gasteiger partial charge in [-0.15, -0.1) is 0 Å². The summed E-state index contributed by atoms with van der Waals surface area (Å²) < 4.78 is 12.4. The van der Waals surface area contributed by atoms with Crippen molar-refractivity contribution < 1.29 is 9.15 Å². The van der Waals surface area contributed by atoms with Crippen LogP contribution in [0.3, 0.4) is 0 Å². The van der Waals surface area contributed by atoms with E-state index >= 15 is 0 Å². The van der Waals surface area contributed by atoms with E-state index in [9.17, 15) is 0 Å². The second kappa shape index (κ2) is 6.57. The fourth-order valence-electron chi connectivity index (χ4n) is 2.30. The minimum Gasteiger partial charge on any atom is -0.466 e. The number of halogens is 1. The number of nitrogens with one attached hydrogen (secondary N) is 1. The molecule has 1 unspecified atom stereocenters. The molecule has 0 aliphatic rings. The number of methoxy groups -OCH3 is 1. The van der Waals surface area contributed by atoms with Crippen molar-refractivity contribution in [3.63, 3.8) is 0 Å². The van der Waals surface area contributed by atoms with Gasteiger partial charge >= 0.3 is 0 Å². The topological polar surface area (TPSA) is 34.4 Å². The molecule has 0 aliphatic heterocycles. The van der Waals surface area contributed by atoms with E-state index < -0.39 is 0 Å². The van der Waals surface area contributed by atoms with Crippen LogP contribution in [0.15, 0.2) is 21.2 Å². The Morgan fingerprint density at radius 3 is 2.41 bits per heavy atom. The third kappa shape index (κ3) is 2.92. The molecule has 1 atom stereocenters. The normalized spacial score (nSPS) is 13.9. The lowest BCUT2D eigenvalue weighted by molar-refractivity contribution is -0.0534. The molecule has 1 heterocycles. The quantitative estimate of drug-likeness (QED) is 0.829. The lowest BCUT2D eigenvalue weighted by Crippen LogP contribution is -2.44. The lowest BCUT2D eigenvalue weighted by atomic mass is 9.86. The molecule has 0 saturated heterocycles. The molecule has 4 heteroatoms. The van der Waals surface area contributed by atoms with Gasteiger partial charge in [0.25, 0.3) is 0 Å². The van der Waals surface area contributed by atoms with Crippen LogP contribution in [0.1, 0.15) is 45.4 Å². The molecule has 1 rings (SSSR count). The highest BCUT2D eigenvalue weighted by atomic mass is 79.9. The van der Waals surface area contributed by atoms with Crippen molar-refractivity contribution in [3.8, 4) is 0 Å². The standard InChI is InChI=1S/C13H22BrNO2/c1-5-13(6-2,16-4)12(15-7-3)11-10(14)8-9-17-11/h8-9,12,15H,5-7H2,1-4H3. The van der Waals surface area contributed by atoms with Crippen molar-refractivity contribution >= 4 is 15.9 Å². The van der Waals surface area contributed by atoms with Crippen molar-refractivity contribution in [2.24, 2.45) is 0 Å². The van der Waals surface area contributed by atoms with Gasteiger partial charge in [0.15, 0.2) is 0 Å². The number of furan rings is 1. The molecule has 0 amide bonds. The lowest BCUT2D eigenvalue weighted by Gasteiger charge is -2.38. The molecule has 0 spiro atoms. The molecule has 1 aromatic heterocycles. The second-order valence-corrected chi connectivity index (χ2v) is 4.95. The van der Waals surface area contributed by atoms with Gasteiger partial charge in [-0.05, 0) is 41.4 Å². The smallest absolute Gasteiger partial charge is 0.137 e. The zero-order valence-corrected chi connectivity index (χ0v) is 12.6. The largest absolute Gasteiger partial charge is 0.466 e. The maximum absolute atomic E-state index is 5.79. The van der Waals surface area contributed by atoms with Crippen LogP contribution in [0.5, 0.6) is 0 Å². The monoisotopic (exact) mass is 303 g/mol. The Kier molecular flexibility index (Phi) is 5.70. The van der Waals surface area contributed by atoms with Gasteiger partial charge in [-0.25, -0.2) is 0 Å². The van der Waals surface area contributed by atoms with E-state index in [1.165, 1.54) is 0 Å². The number of hydrogen-bond acceptors (Lipinski definition) is 3. The first-order valence-electron chi connectivity index (χ1n) is 6.16. The number of likely N-dealkylation sites (N-methyl/N-ethyl adjacent to an activating group) is 1. The molecule has 0 radical (unpaired) electrons. The molecule has 3 nitrogen and oxygen atoms in total. The SMILES string of the molecule is CCNC(c1occc1Br)C(CC)(CC)OC. The van der Waals surface area contributed by atoms with E-state index in [1.54, 1.807) is 13.4 Å². The van der Waals surface area contributed by atoms with E-state index in [-0.39, 0.29) is 11.6 Å². The Morgan fingerprint density at radius 2 is 2.06 bits per heavy atom. The van der Waals surface area contributed by atoms with Gasteiger partial charge in [-0.3, -0.25) is 0 Å². The summed E-state index contributed by atoms with van der Waals surface area (Å²) in [6.07, 6.45) is 3.57. The van der Waals surface area contributed by atoms with Crippen LogP contribution in [0.25, 0.3) is 0 Å². The van der Waals surface area contributed by atoms with E-state index in [0.717, 1.165) is 29.6 Å². The Bertz CT molecular complexity index is 326. The Hall–Kier alpha value is -0.320. The zero-order valence-electron chi connectivity index (χ0n) is 11.0. The molecule has 0 aliphatic carbocycles. The van der Waals surface area contributed by atoms with Crippen LogP contribution in [0, 0.1) is 0 Å². The van der Waals surface area contributed by atoms with Crippen LogP contribution >= 0.6 is 15.9 Å². The summed E-state index contributed by atoms with van der Waals surface area (Å²) in [7, 11) is 1.77. The molecule has 17 heavy (non-hydrogen) atoms. The van der Waals surface area contributed by atoms with Gasteiger partial charge in [0.2, 0.25) is 0 Å². The minimum absolute atomic E-state index is 0.0666. The summed E-state index contributed by atoms with van der Waals surface area (Å²) >= 11 is 3.53. The van der Waals surface area contributed by atoms with Gasteiger partial charge < -0.3 is 14.5 Å². The molecular weight excluding hydrogens is 282 g/mol. The average Bonchev–Trinajstić information content (AvgIpc) is 2.77. The Balaban J connectivity index is 3.11. The second-order valence-electron chi connectivity index (χ2n) is 4.10. The van der Waals surface area contributed by atoms with Crippen LogP contribution in [-0.4, -0.2) is 19.3 Å². The predicted octanol–water partition coefficient (Wildman–Crippen LogP) is 3.90. The minimum atomic E-state index is -0.226. The zero-order chi connectivity index (χ0) is 12.9. The molecule has 1 N–H and O–H groups in total. The number of ether oxygens (including phenoxy) is 1. The highest BCUT2D eigenvalue weighted by Gasteiger charge is 2.39. The molecule has 0 fully saturated rings. The molecule has 98 valence electrons. The van der Waals surface area contributed by atoms with Crippen molar-refractivity contribution in [3.05, 3.63) is 22.6 Å². The number of rotatable bonds is 7. The molecule has 1 aromatic rings. The fourth-order valence-corrected chi connectivity index (χ4v) is 2.73. The van der Waals surface area contributed by atoms with Gasteiger partial charge in [-0.2, -0.15) is 0 Å². The molecule has 0 aromatic carbocycles. The molecular formula is C13H22BrNO2. The summed E-state index contributed by atoms with van der Waals surface area (Å²) in [6, 6.07) is 1.99. The molecule has 0 saturated carbocycles. The van der Waals surface area contributed by atoms with E-state index in [4.69, 9.17) is 9.15 Å². The van der Waals surface area contributed by atoms with E-state index in [1.807, 2.05) is 6.07 Å². The first-order chi connectivity index (χ1) is 8.15. The van der Waals surface area contributed by atoms with Gasteiger partial charge in [0.1, 0.15) is 5.76 Å². The van der Waals surface area contributed by atoms with Gasteiger partial charge in [0, 0.05) is 7.11 Å². The van der Waals surface area contributed by atoms with Crippen LogP contribution < -0.4 is 5.32 Å². The van der Waals surface area contributed by atoms with Crippen molar-refractivity contribution in [1.29, 1.82) is 0 Å².